The lowest BCUT2D eigenvalue weighted by Gasteiger charge is -2.27. The number of carboxylic acid groups (broad SMARTS) is 1. The zero-order chi connectivity index (χ0) is 12.7. The smallest absolute Gasteiger partial charge is 0.317 e. The molecule has 0 amide bonds. The lowest BCUT2D eigenvalue weighted by atomic mass is 10.1. The summed E-state index contributed by atoms with van der Waals surface area (Å²) in [6.45, 7) is 5.12. The van der Waals surface area contributed by atoms with E-state index in [1.807, 2.05) is 23.1 Å². The van der Waals surface area contributed by atoms with E-state index in [4.69, 9.17) is 5.11 Å². The van der Waals surface area contributed by atoms with Crippen LogP contribution in [0.15, 0.2) is 30.3 Å². The van der Waals surface area contributed by atoms with Gasteiger partial charge in [0.1, 0.15) is 0 Å². The molecule has 17 heavy (non-hydrogen) atoms. The number of rotatable bonds is 7. The first kappa shape index (κ1) is 13.7. The highest BCUT2D eigenvalue weighted by Gasteiger charge is 2.16. The molecular weight excluding hydrogens is 214 g/mol. The number of carbonyl (C=O) groups is 1. The summed E-state index contributed by atoms with van der Waals surface area (Å²) in [5.41, 5.74) is 1.26. The van der Waals surface area contributed by atoms with Gasteiger partial charge in [-0.25, -0.2) is 0 Å². The lowest BCUT2D eigenvalue weighted by Crippen LogP contribution is -2.39. The van der Waals surface area contributed by atoms with E-state index >= 15 is 0 Å². The van der Waals surface area contributed by atoms with Crippen molar-refractivity contribution in [1.82, 2.24) is 4.90 Å². The molecule has 1 unspecified atom stereocenters. The molecule has 94 valence electrons. The Morgan fingerprint density at radius 2 is 2.00 bits per heavy atom. The monoisotopic (exact) mass is 235 g/mol. The van der Waals surface area contributed by atoms with Gasteiger partial charge >= 0.3 is 5.97 Å². The highest BCUT2D eigenvalue weighted by atomic mass is 16.4. The van der Waals surface area contributed by atoms with Crippen molar-refractivity contribution >= 4 is 5.97 Å². The average molecular weight is 235 g/mol. The molecule has 3 heteroatoms. The fourth-order valence-electron chi connectivity index (χ4n) is 2.00. The van der Waals surface area contributed by atoms with Crippen molar-refractivity contribution in [3.05, 3.63) is 35.9 Å². The number of benzene rings is 1. The summed E-state index contributed by atoms with van der Waals surface area (Å²) in [5, 5.41) is 8.88. The summed E-state index contributed by atoms with van der Waals surface area (Å²) in [6.07, 6.45) is 1.88. The van der Waals surface area contributed by atoms with Crippen molar-refractivity contribution in [2.24, 2.45) is 0 Å². The molecule has 0 heterocycles. The van der Waals surface area contributed by atoms with Gasteiger partial charge < -0.3 is 5.11 Å². The highest BCUT2D eigenvalue weighted by molar-refractivity contribution is 5.69. The van der Waals surface area contributed by atoms with Crippen molar-refractivity contribution in [1.29, 1.82) is 0 Å². The summed E-state index contributed by atoms with van der Waals surface area (Å²) in [4.78, 5) is 12.8. The molecule has 1 atom stereocenters. The van der Waals surface area contributed by atoms with E-state index in [2.05, 4.69) is 26.0 Å². The Hall–Kier alpha value is -1.35. The molecule has 0 aliphatic carbocycles. The summed E-state index contributed by atoms with van der Waals surface area (Å²) in [5.74, 6) is -0.752. The van der Waals surface area contributed by atoms with Crippen molar-refractivity contribution in [3.8, 4) is 0 Å². The molecule has 0 fully saturated rings. The largest absolute Gasteiger partial charge is 0.480 e. The van der Waals surface area contributed by atoms with Gasteiger partial charge in [-0.05, 0) is 31.9 Å². The molecule has 1 aromatic carbocycles. The van der Waals surface area contributed by atoms with Crippen LogP contribution in [-0.2, 0) is 11.2 Å². The Labute approximate surface area is 103 Å². The first-order valence-electron chi connectivity index (χ1n) is 6.13. The Morgan fingerprint density at radius 3 is 2.53 bits per heavy atom. The van der Waals surface area contributed by atoms with Gasteiger partial charge in [-0.1, -0.05) is 37.3 Å². The minimum absolute atomic E-state index is 0.127. The van der Waals surface area contributed by atoms with Gasteiger partial charge in [0.2, 0.25) is 0 Å². The third-order valence-corrected chi connectivity index (χ3v) is 2.85. The Bertz CT molecular complexity index is 337. The highest BCUT2D eigenvalue weighted by Crippen LogP contribution is 2.09. The van der Waals surface area contributed by atoms with Crippen LogP contribution in [0, 0.1) is 0 Å². The molecular formula is C14H21NO2. The van der Waals surface area contributed by atoms with E-state index in [1.54, 1.807) is 0 Å². The zero-order valence-corrected chi connectivity index (χ0v) is 10.6. The standard InChI is InChI=1S/C14H21NO2/c1-3-9-15(11-14(16)17)12(2)10-13-7-5-4-6-8-13/h4-8,12H,3,9-11H2,1-2H3,(H,16,17). The molecule has 0 aromatic heterocycles. The molecule has 1 N–H and O–H groups in total. The number of aliphatic carboxylic acids is 1. The quantitative estimate of drug-likeness (QED) is 0.789. The molecule has 0 saturated carbocycles. The molecule has 1 aromatic rings. The van der Waals surface area contributed by atoms with E-state index < -0.39 is 5.97 Å². The topological polar surface area (TPSA) is 40.5 Å². The predicted molar refractivity (Wildman–Crippen MR) is 69.1 cm³/mol. The molecule has 0 saturated heterocycles. The van der Waals surface area contributed by atoms with Gasteiger partial charge in [-0.2, -0.15) is 0 Å². The molecule has 0 spiro atoms. The Morgan fingerprint density at radius 1 is 1.35 bits per heavy atom. The van der Waals surface area contributed by atoms with Crippen LogP contribution >= 0.6 is 0 Å². The van der Waals surface area contributed by atoms with Crippen LogP contribution in [0.25, 0.3) is 0 Å². The lowest BCUT2D eigenvalue weighted by molar-refractivity contribution is -0.138. The molecule has 0 bridgehead atoms. The van der Waals surface area contributed by atoms with Crippen molar-refractivity contribution in [2.45, 2.75) is 32.7 Å². The number of nitrogens with zero attached hydrogens (tertiary/aromatic N) is 1. The summed E-state index contributed by atoms with van der Waals surface area (Å²) in [6, 6.07) is 10.5. The average Bonchev–Trinajstić information content (AvgIpc) is 2.29. The fourth-order valence-corrected chi connectivity index (χ4v) is 2.00. The maximum absolute atomic E-state index is 10.8. The van der Waals surface area contributed by atoms with Crippen LogP contribution in [0.1, 0.15) is 25.8 Å². The first-order valence-corrected chi connectivity index (χ1v) is 6.13. The molecule has 1 rings (SSSR count). The zero-order valence-electron chi connectivity index (χ0n) is 10.6. The fraction of sp³-hybridized carbons (Fsp3) is 0.500. The minimum Gasteiger partial charge on any atom is -0.480 e. The Balaban J connectivity index is 2.58. The maximum atomic E-state index is 10.8. The van der Waals surface area contributed by atoms with Crippen LogP contribution in [-0.4, -0.2) is 35.1 Å². The van der Waals surface area contributed by atoms with Crippen molar-refractivity contribution in [2.75, 3.05) is 13.1 Å². The van der Waals surface area contributed by atoms with E-state index in [9.17, 15) is 4.79 Å². The summed E-state index contributed by atoms with van der Waals surface area (Å²) in [7, 11) is 0. The van der Waals surface area contributed by atoms with Gasteiger partial charge in [0, 0.05) is 6.04 Å². The van der Waals surface area contributed by atoms with Crippen LogP contribution in [0.4, 0.5) is 0 Å². The minimum atomic E-state index is -0.752. The SMILES string of the molecule is CCCN(CC(=O)O)C(C)Cc1ccccc1. The predicted octanol–water partition coefficient (Wildman–Crippen LogP) is 2.41. The van der Waals surface area contributed by atoms with Gasteiger partial charge in [-0.3, -0.25) is 9.69 Å². The van der Waals surface area contributed by atoms with Gasteiger partial charge in [0.25, 0.3) is 0 Å². The summed E-state index contributed by atoms with van der Waals surface area (Å²) >= 11 is 0. The van der Waals surface area contributed by atoms with Gasteiger partial charge in [0.15, 0.2) is 0 Å². The van der Waals surface area contributed by atoms with Crippen LogP contribution in [0.2, 0.25) is 0 Å². The van der Waals surface area contributed by atoms with E-state index in [-0.39, 0.29) is 12.6 Å². The molecule has 0 aliphatic rings. The van der Waals surface area contributed by atoms with E-state index in [0.717, 1.165) is 19.4 Å². The third kappa shape index (κ3) is 5.00. The molecule has 0 aliphatic heterocycles. The normalized spacial score (nSPS) is 12.6. The first-order chi connectivity index (χ1) is 8.13. The van der Waals surface area contributed by atoms with Crippen molar-refractivity contribution in [3.63, 3.8) is 0 Å². The number of hydrogen-bond acceptors (Lipinski definition) is 2. The van der Waals surface area contributed by atoms with Crippen LogP contribution < -0.4 is 0 Å². The maximum Gasteiger partial charge on any atom is 0.317 e. The molecule has 0 radical (unpaired) electrons. The van der Waals surface area contributed by atoms with Crippen LogP contribution in [0.5, 0.6) is 0 Å². The second-order valence-electron chi connectivity index (χ2n) is 4.40. The number of hydrogen-bond donors (Lipinski definition) is 1. The van der Waals surface area contributed by atoms with E-state index in [1.165, 1.54) is 5.56 Å². The van der Waals surface area contributed by atoms with Crippen molar-refractivity contribution < 1.29 is 9.90 Å². The Kier molecular flexibility index (Phi) is 5.70. The van der Waals surface area contributed by atoms with Crippen LogP contribution in [0.3, 0.4) is 0 Å². The number of carboxylic acids is 1. The second kappa shape index (κ2) is 7.07. The third-order valence-electron chi connectivity index (χ3n) is 2.85. The summed E-state index contributed by atoms with van der Waals surface area (Å²) < 4.78 is 0. The van der Waals surface area contributed by atoms with Gasteiger partial charge in [0.05, 0.1) is 6.54 Å². The van der Waals surface area contributed by atoms with E-state index in [0.29, 0.717) is 0 Å². The second-order valence-corrected chi connectivity index (χ2v) is 4.40. The molecule has 3 nitrogen and oxygen atoms in total. The van der Waals surface area contributed by atoms with Gasteiger partial charge in [-0.15, -0.1) is 0 Å².